The third-order valence-electron chi connectivity index (χ3n) is 2.88. The lowest BCUT2D eigenvalue weighted by molar-refractivity contribution is -0.132. The van der Waals surface area contributed by atoms with Crippen LogP contribution in [-0.4, -0.2) is 23.9 Å². The largest absolute Gasteiger partial charge is 0.339 e. The number of nitrogens with zero attached hydrogens (tertiary/aromatic N) is 1. The Labute approximate surface area is 106 Å². The highest BCUT2D eigenvalue weighted by atomic mass is 19.1. The summed E-state index contributed by atoms with van der Waals surface area (Å²) < 4.78 is 26.7. The molecule has 0 saturated heterocycles. The van der Waals surface area contributed by atoms with E-state index in [-0.39, 0.29) is 23.9 Å². The molecule has 1 aromatic carbocycles. The van der Waals surface area contributed by atoms with Crippen LogP contribution in [0.5, 0.6) is 0 Å². The van der Waals surface area contributed by atoms with E-state index in [1.54, 1.807) is 20.9 Å². The van der Waals surface area contributed by atoms with Crippen LogP contribution in [0.4, 0.5) is 8.78 Å². The van der Waals surface area contributed by atoms with Crippen LogP contribution in [0.15, 0.2) is 18.2 Å². The van der Waals surface area contributed by atoms with Gasteiger partial charge in [0.1, 0.15) is 11.6 Å². The SMILES string of the molecule is CC(N)CC(=O)N(C)C(C)c1cc(F)ccc1F. The van der Waals surface area contributed by atoms with Gasteiger partial charge in [-0.25, -0.2) is 8.78 Å². The normalized spacial score (nSPS) is 14.1. The van der Waals surface area contributed by atoms with Crippen LogP contribution in [-0.2, 0) is 4.79 Å². The molecule has 0 bridgehead atoms. The van der Waals surface area contributed by atoms with E-state index >= 15 is 0 Å². The lowest BCUT2D eigenvalue weighted by Gasteiger charge is -2.26. The first-order valence-corrected chi connectivity index (χ1v) is 5.79. The monoisotopic (exact) mass is 256 g/mol. The topological polar surface area (TPSA) is 46.3 Å². The van der Waals surface area contributed by atoms with E-state index in [4.69, 9.17) is 5.73 Å². The zero-order valence-corrected chi connectivity index (χ0v) is 10.8. The smallest absolute Gasteiger partial charge is 0.224 e. The molecule has 0 aliphatic heterocycles. The number of amides is 1. The highest BCUT2D eigenvalue weighted by Crippen LogP contribution is 2.23. The molecule has 1 aromatic rings. The number of carbonyl (C=O) groups excluding carboxylic acids is 1. The molecule has 0 aromatic heterocycles. The number of hydrogen-bond donors (Lipinski definition) is 1. The fraction of sp³-hybridized carbons (Fsp3) is 0.462. The van der Waals surface area contributed by atoms with Crippen molar-refractivity contribution in [1.29, 1.82) is 0 Å². The lowest BCUT2D eigenvalue weighted by Crippen LogP contribution is -2.34. The van der Waals surface area contributed by atoms with E-state index in [9.17, 15) is 13.6 Å². The molecule has 1 rings (SSSR count). The van der Waals surface area contributed by atoms with Crippen LogP contribution in [0.1, 0.15) is 31.9 Å². The second kappa shape index (κ2) is 5.91. The Hall–Kier alpha value is -1.49. The minimum absolute atomic E-state index is 0.163. The van der Waals surface area contributed by atoms with Crippen molar-refractivity contribution < 1.29 is 13.6 Å². The maximum Gasteiger partial charge on any atom is 0.224 e. The molecular formula is C13H18F2N2O. The molecule has 3 nitrogen and oxygen atoms in total. The number of benzene rings is 1. The molecule has 5 heteroatoms. The molecule has 2 N–H and O–H groups in total. The van der Waals surface area contributed by atoms with Gasteiger partial charge in [-0.2, -0.15) is 0 Å². The zero-order valence-electron chi connectivity index (χ0n) is 10.8. The second-order valence-electron chi connectivity index (χ2n) is 4.53. The van der Waals surface area contributed by atoms with Gasteiger partial charge in [-0.05, 0) is 32.0 Å². The Morgan fingerprint density at radius 2 is 2.00 bits per heavy atom. The van der Waals surface area contributed by atoms with E-state index in [0.29, 0.717) is 0 Å². The van der Waals surface area contributed by atoms with E-state index in [0.717, 1.165) is 18.2 Å². The molecule has 2 atom stereocenters. The fourth-order valence-corrected chi connectivity index (χ4v) is 1.68. The maximum atomic E-state index is 13.6. The van der Waals surface area contributed by atoms with Crippen molar-refractivity contribution in [1.82, 2.24) is 4.90 Å². The Morgan fingerprint density at radius 1 is 1.39 bits per heavy atom. The average molecular weight is 256 g/mol. The maximum absolute atomic E-state index is 13.6. The third kappa shape index (κ3) is 3.50. The van der Waals surface area contributed by atoms with Gasteiger partial charge >= 0.3 is 0 Å². The summed E-state index contributed by atoms with van der Waals surface area (Å²) in [7, 11) is 1.56. The minimum Gasteiger partial charge on any atom is -0.339 e. The summed E-state index contributed by atoms with van der Waals surface area (Å²) in [6.07, 6.45) is 0.178. The van der Waals surface area contributed by atoms with Gasteiger partial charge in [0.2, 0.25) is 5.91 Å². The van der Waals surface area contributed by atoms with E-state index in [1.165, 1.54) is 4.90 Å². The molecule has 0 fully saturated rings. The molecule has 1 amide bonds. The van der Waals surface area contributed by atoms with Crippen molar-refractivity contribution in [2.75, 3.05) is 7.05 Å². The van der Waals surface area contributed by atoms with Crippen LogP contribution in [0.2, 0.25) is 0 Å². The van der Waals surface area contributed by atoms with Gasteiger partial charge in [0.15, 0.2) is 0 Å². The predicted octanol–water partition coefficient (Wildman–Crippen LogP) is 2.22. The van der Waals surface area contributed by atoms with Crippen molar-refractivity contribution in [2.45, 2.75) is 32.4 Å². The highest BCUT2D eigenvalue weighted by Gasteiger charge is 2.21. The van der Waals surface area contributed by atoms with Gasteiger partial charge in [-0.15, -0.1) is 0 Å². The first-order valence-electron chi connectivity index (χ1n) is 5.79. The zero-order chi connectivity index (χ0) is 13.9. The van der Waals surface area contributed by atoms with Crippen molar-refractivity contribution in [2.24, 2.45) is 5.73 Å². The summed E-state index contributed by atoms with van der Waals surface area (Å²) in [6.45, 7) is 3.37. The van der Waals surface area contributed by atoms with Gasteiger partial charge in [0.25, 0.3) is 0 Å². The molecule has 100 valence electrons. The number of hydrogen-bond acceptors (Lipinski definition) is 2. The second-order valence-corrected chi connectivity index (χ2v) is 4.53. The van der Waals surface area contributed by atoms with E-state index in [1.807, 2.05) is 0 Å². The van der Waals surface area contributed by atoms with E-state index in [2.05, 4.69) is 0 Å². The van der Waals surface area contributed by atoms with E-state index < -0.39 is 17.7 Å². The first kappa shape index (κ1) is 14.6. The standard InChI is InChI=1S/C13H18F2N2O/c1-8(16)6-13(18)17(3)9(2)11-7-10(14)4-5-12(11)15/h4-5,7-9H,6,16H2,1-3H3. The lowest BCUT2D eigenvalue weighted by atomic mass is 10.1. The molecular weight excluding hydrogens is 238 g/mol. The highest BCUT2D eigenvalue weighted by molar-refractivity contribution is 5.77. The average Bonchev–Trinajstić information content (AvgIpc) is 2.29. The predicted molar refractivity (Wildman–Crippen MR) is 65.8 cm³/mol. The molecule has 0 aliphatic carbocycles. The Kier molecular flexibility index (Phi) is 4.78. The van der Waals surface area contributed by atoms with Crippen molar-refractivity contribution in [3.63, 3.8) is 0 Å². The van der Waals surface area contributed by atoms with Crippen molar-refractivity contribution in [3.05, 3.63) is 35.4 Å². The summed E-state index contributed by atoms with van der Waals surface area (Å²) in [5, 5.41) is 0. The van der Waals surface area contributed by atoms with Gasteiger partial charge in [0.05, 0.1) is 6.04 Å². The molecule has 0 spiro atoms. The third-order valence-corrected chi connectivity index (χ3v) is 2.88. The number of nitrogens with two attached hydrogens (primary N) is 1. The molecule has 2 unspecified atom stereocenters. The van der Waals surface area contributed by atoms with Crippen molar-refractivity contribution >= 4 is 5.91 Å². The quantitative estimate of drug-likeness (QED) is 0.897. The van der Waals surface area contributed by atoms with Crippen LogP contribution < -0.4 is 5.73 Å². The summed E-state index contributed by atoms with van der Waals surface area (Å²) in [5.74, 6) is -1.24. The van der Waals surface area contributed by atoms with Gasteiger partial charge in [-0.1, -0.05) is 0 Å². The Bertz CT molecular complexity index is 435. The number of halogens is 2. The number of rotatable bonds is 4. The van der Waals surface area contributed by atoms with Gasteiger partial charge in [-0.3, -0.25) is 4.79 Å². The summed E-state index contributed by atoms with van der Waals surface area (Å²) in [5.41, 5.74) is 5.70. The number of carbonyl (C=O) groups is 1. The molecule has 0 aliphatic rings. The Balaban J connectivity index is 2.89. The minimum atomic E-state index is -0.535. The summed E-state index contributed by atoms with van der Waals surface area (Å²) in [4.78, 5) is 13.2. The van der Waals surface area contributed by atoms with Crippen LogP contribution >= 0.6 is 0 Å². The molecule has 0 saturated carbocycles. The fourth-order valence-electron chi connectivity index (χ4n) is 1.68. The van der Waals surface area contributed by atoms with Crippen LogP contribution in [0.3, 0.4) is 0 Å². The molecule has 18 heavy (non-hydrogen) atoms. The van der Waals surface area contributed by atoms with Crippen LogP contribution in [0.25, 0.3) is 0 Å². The van der Waals surface area contributed by atoms with Crippen molar-refractivity contribution in [3.8, 4) is 0 Å². The van der Waals surface area contributed by atoms with Gasteiger partial charge < -0.3 is 10.6 Å². The summed E-state index contributed by atoms with van der Waals surface area (Å²) in [6, 6.07) is 2.42. The van der Waals surface area contributed by atoms with Crippen LogP contribution in [0, 0.1) is 11.6 Å². The Morgan fingerprint density at radius 3 is 2.56 bits per heavy atom. The molecule has 0 heterocycles. The summed E-state index contributed by atoms with van der Waals surface area (Å²) >= 11 is 0. The van der Waals surface area contributed by atoms with Gasteiger partial charge in [0, 0.05) is 25.1 Å². The molecule has 0 radical (unpaired) electrons. The first-order chi connectivity index (χ1) is 8.32.